The second-order valence-corrected chi connectivity index (χ2v) is 7.45. The summed E-state index contributed by atoms with van der Waals surface area (Å²) in [6.45, 7) is 2.91. The third-order valence-electron chi connectivity index (χ3n) is 5.19. The summed E-state index contributed by atoms with van der Waals surface area (Å²) in [4.78, 5) is 28.0. The minimum Gasteiger partial charge on any atom is -0.487 e. The molecule has 1 unspecified atom stereocenters. The first kappa shape index (κ1) is 23.1. The highest BCUT2D eigenvalue weighted by Crippen LogP contribution is 2.32. The van der Waals surface area contributed by atoms with Crippen LogP contribution >= 0.6 is 0 Å². The second kappa shape index (κ2) is 8.86. The fourth-order valence-corrected chi connectivity index (χ4v) is 3.02. The largest absolute Gasteiger partial charge is 0.487 e. The maximum Gasteiger partial charge on any atom is 0.433 e. The van der Waals surface area contributed by atoms with E-state index in [2.05, 4.69) is 10.3 Å². The van der Waals surface area contributed by atoms with Gasteiger partial charge in [-0.05, 0) is 30.9 Å². The Labute approximate surface area is 182 Å². The number of ether oxygens (including phenoxy) is 1. The van der Waals surface area contributed by atoms with E-state index >= 15 is 0 Å². The third-order valence-corrected chi connectivity index (χ3v) is 5.19. The Morgan fingerprint density at radius 1 is 1.09 bits per heavy atom. The SMILES string of the molecule is CCC(C)(NC(=O)c1ccc2ccccc2c1OCc1ccc(C(F)(F)F)nc1)C(=O)O. The predicted octanol–water partition coefficient (Wildman–Crippen LogP) is 4.82. The lowest BCUT2D eigenvalue weighted by Gasteiger charge is -2.25. The van der Waals surface area contributed by atoms with Crippen LogP contribution in [0.25, 0.3) is 10.8 Å². The molecule has 1 aromatic heterocycles. The Bertz CT molecular complexity index is 1150. The van der Waals surface area contributed by atoms with Crippen molar-refractivity contribution >= 4 is 22.6 Å². The van der Waals surface area contributed by atoms with Crippen LogP contribution in [0.4, 0.5) is 13.2 Å². The standard InChI is InChI=1S/C23H21F3N2O4/c1-3-22(2,21(30)31)28-20(29)17-10-9-15-6-4-5-7-16(15)19(17)32-13-14-8-11-18(27-12-14)23(24,25)26/h4-12H,3,13H2,1-2H3,(H,28,29)(H,30,31). The summed E-state index contributed by atoms with van der Waals surface area (Å²) in [5.74, 6) is -1.61. The van der Waals surface area contributed by atoms with Gasteiger partial charge in [-0.3, -0.25) is 9.78 Å². The van der Waals surface area contributed by atoms with Gasteiger partial charge in [0.2, 0.25) is 0 Å². The van der Waals surface area contributed by atoms with Crippen molar-refractivity contribution in [1.82, 2.24) is 10.3 Å². The van der Waals surface area contributed by atoms with Crippen LogP contribution in [-0.4, -0.2) is 27.5 Å². The smallest absolute Gasteiger partial charge is 0.433 e. The minimum atomic E-state index is -4.55. The van der Waals surface area contributed by atoms with Crippen molar-refractivity contribution in [2.45, 2.75) is 38.6 Å². The van der Waals surface area contributed by atoms with Gasteiger partial charge in [0.15, 0.2) is 0 Å². The summed E-state index contributed by atoms with van der Waals surface area (Å²) >= 11 is 0. The van der Waals surface area contributed by atoms with Crippen LogP contribution in [-0.2, 0) is 17.6 Å². The van der Waals surface area contributed by atoms with Crippen molar-refractivity contribution in [2.24, 2.45) is 0 Å². The average molecular weight is 446 g/mol. The molecule has 32 heavy (non-hydrogen) atoms. The summed E-state index contributed by atoms with van der Waals surface area (Å²) in [6.07, 6.45) is -3.32. The molecule has 2 aromatic carbocycles. The Morgan fingerprint density at radius 2 is 1.81 bits per heavy atom. The first-order valence-electron chi connectivity index (χ1n) is 9.78. The lowest BCUT2D eigenvalue weighted by atomic mass is 9.97. The van der Waals surface area contributed by atoms with Crippen LogP contribution in [0.3, 0.4) is 0 Å². The molecule has 1 heterocycles. The van der Waals surface area contributed by atoms with Gasteiger partial charge in [0.25, 0.3) is 5.91 Å². The van der Waals surface area contributed by atoms with E-state index < -0.39 is 29.3 Å². The number of alkyl halides is 3. The monoisotopic (exact) mass is 446 g/mol. The lowest BCUT2D eigenvalue weighted by Crippen LogP contribution is -2.51. The maximum absolute atomic E-state index is 13.0. The number of amides is 1. The molecule has 0 radical (unpaired) electrons. The number of nitrogens with zero attached hydrogens (tertiary/aromatic N) is 1. The van der Waals surface area contributed by atoms with Crippen LogP contribution < -0.4 is 10.1 Å². The number of carbonyl (C=O) groups excluding carboxylic acids is 1. The van der Waals surface area contributed by atoms with Crippen LogP contribution in [0.2, 0.25) is 0 Å². The fourth-order valence-electron chi connectivity index (χ4n) is 3.02. The molecular formula is C23H21F3N2O4. The van der Waals surface area contributed by atoms with E-state index in [1.807, 2.05) is 12.1 Å². The molecule has 3 rings (SSSR count). The maximum atomic E-state index is 13.0. The molecule has 0 spiro atoms. The first-order chi connectivity index (χ1) is 15.0. The van der Waals surface area contributed by atoms with Crippen LogP contribution in [0.15, 0.2) is 54.7 Å². The van der Waals surface area contributed by atoms with E-state index in [1.165, 1.54) is 19.1 Å². The summed E-state index contributed by atoms with van der Waals surface area (Å²) in [5, 5.41) is 13.4. The van der Waals surface area contributed by atoms with E-state index in [0.29, 0.717) is 10.9 Å². The quantitative estimate of drug-likeness (QED) is 0.544. The predicted molar refractivity (Wildman–Crippen MR) is 111 cm³/mol. The molecule has 168 valence electrons. The Balaban J connectivity index is 1.94. The summed E-state index contributed by atoms with van der Waals surface area (Å²) < 4.78 is 44.0. The number of carboxylic acids is 1. The molecule has 0 saturated heterocycles. The normalized spacial score (nSPS) is 13.4. The van der Waals surface area contributed by atoms with E-state index in [0.717, 1.165) is 17.6 Å². The van der Waals surface area contributed by atoms with Crippen molar-refractivity contribution in [1.29, 1.82) is 0 Å². The first-order valence-corrected chi connectivity index (χ1v) is 9.78. The summed E-state index contributed by atoms with van der Waals surface area (Å²) in [5.41, 5.74) is -2.00. The van der Waals surface area contributed by atoms with Crippen molar-refractivity contribution in [2.75, 3.05) is 0 Å². The number of halogens is 3. The van der Waals surface area contributed by atoms with Crippen molar-refractivity contribution in [3.63, 3.8) is 0 Å². The van der Waals surface area contributed by atoms with E-state index in [9.17, 15) is 27.9 Å². The zero-order valence-corrected chi connectivity index (χ0v) is 17.4. The number of fused-ring (bicyclic) bond motifs is 1. The third kappa shape index (κ3) is 4.82. The lowest BCUT2D eigenvalue weighted by molar-refractivity contribution is -0.144. The Kier molecular flexibility index (Phi) is 6.38. The van der Waals surface area contributed by atoms with Gasteiger partial charge in [0.05, 0.1) is 5.56 Å². The van der Waals surface area contributed by atoms with Crippen molar-refractivity contribution in [3.8, 4) is 5.75 Å². The Morgan fingerprint density at radius 3 is 2.41 bits per heavy atom. The summed E-state index contributed by atoms with van der Waals surface area (Å²) in [7, 11) is 0. The second-order valence-electron chi connectivity index (χ2n) is 7.45. The van der Waals surface area contributed by atoms with Gasteiger partial charge in [-0.1, -0.05) is 43.3 Å². The van der Waals surface area contributed by atoms with E-state index in [1.54, 1.807) is 25.1 Å². The highest BCUT2D eigenvalue weighted by Gasteiger charge is 2.34. The number of carbonyl (C=O) groups is 2. The average Bonchev–Trinajstić information content (AvgIpc) is 2.76. The van der Waals surface area contributed by atoms with Gasteiger partial charge in [-0.2, -0.15) is 13.2 Å². The molecule has 1 amide bonds. The molecule has 0 aliphatic heterocycles. The molecule has 6 nitrogen and oxygen atoms in total. The van der Waals surface area contributed by atoms with Gasteiger partial charge in [-0.25, -0.2) is 4.79 Å². The van der Waals surface area contributed by atoms with Crippen LogP contribution in [0.5, 0.6) is 5.75 Å². The number of nitrogens with one attached hydrogen (secondary N) is 1. The minimum absolute atomic E-state index is 0.115. The molecule has 0 bridgehead atoms. The molecule has 0 fully saturated rings. The van der Waals surface area contributed by atoms with Gasteiger partial charge in [0.1, 0.15) is 23.6 Å². The van der Waals surface area contributed by atoms with Gasteiger partial charge >= 0.3 is 12.1 Å². The van der Waals surface area contributed by atoms with E-state index in [4.69, 9.17) is 4.74 Å². The molecule has 0 saturated carbocycles. The molecule has 9 heteroatoms. The van der Waals surface area contributed by atoms with Crippen molar-refractivity contribution < 1.29 is 32.6 Å². The van der Waals surface area contributed by atoms with Crippen LogP contribution in [0, 0.1) is 0 Å². The number of rotatable bonds is 7. The highest BCUT2D eigenvalue weighted by molar-refractivity contribution is 6.05. The topological polar surface area (TPSA) is 88.5 Å². The number of hydrogen-bond acceptors (Lipinski definition) is 4. The van der Waals surface area contributed by atoms with Crippen molar-refractivity contribution in [3.05, 3.63) is 71.5 Å². The van der Waals surface area contributed by atoms with Gasteiger partial charge in [0, 0.05) is 17.1 Å². The molecule has 1 atom stereocenters. The molecule has 3 aromatic rings. The number of benzene rings is 2. The number of pyridine rings is 1. The Hall–Kier alpha value is -3.62. The zero-order chi connectivity index (χ0) is 23.5. The van der Waals surface area contributed by atoms with Crippen LogP contribution in [0.1, 0.15) is 41.9 Å². The number of hydrogen-bond donors (Lipinski definition) is 2. The van der Waals surface area contributed by atoms with Gasteiger partial charge in [-0.15, -0.1) is 0 Å². The fraction of sp³-hybridized carbons (Fsp3) is 0.261. The molecule has 0 aliphatic rings. The zero-order valence-electron chi connectivity index (χ0n) is 17.4. The number of aliphatic carboxylic acids is 1. The number of carboxylic acid groups (broad SMARTS) is 1. The molecule has 2 N–H and O–H groups in total. The molecular weight excluding hydrogens is 425 g/mol. The highest BCUT2D eigenvalue weighted by atomic mass is 19.4. The number of aromatic nitrogens is 1. The molecule has 0 aliphatic carbocycles. The van der Waals surface area contributed by atoms with Gasteiger partial charge < -0.3 is 15.2 Å². The summed E-state index contributed by atoms with van der Waals surface area (Å²) in [6, 6.07) is 12.5. The van der Waals surface area contributed by atoms with E-state index in [-0.39, 0.29) is 24.3 Å².